The van der Waals surface area contributed by atoms with E-state index in [0.29, 0.717) is 6.61 Å². The number of aliphatic hydroxyl groups excluding tert-OH is 1. The molecular weight excluding hydrogens is 244 g/mol. The Balaban J connectivity index is 1.69. The van der Waals surface area contributed by atoms with Crippen LogP contribution >= 0.6 is 11.3 Å². The summed E-state index contributed by atoms with van der Waals surface area (Å²) in [6, 6.07) is 8.49. The first-order valence-corrected chi connectivity index (χ1v) is 7.24. The van der Waals surface area contributed by atoms with Crippen LogP contribution in [0, 0.1) is 5.41 Å². The van der Waals surface area contributed by atoms with Crippen LogP contribution in [0.25, 0.3) is 10.2 Å². The highest BCUT2D eigenvalue weighted by Crippen LogP contribution is 2.44. The molecular formula is C14H18N2OS. The molecule has 2 N–H and O–H groups in total. The maximum absolute atomic E-state index is 9.30. The van der Waals surface area contributed by atoms with Crippen LogP contribution in [0.2, 0.25) is 0 Å². The van der Waals surface area contributed by atoms with E-state index in [1.807, 2.05) is 12.1 Å². The molecule has 3 rings (SSSR count). The number of thiazole rings is 1. The van der Waals surface area contributed by atoms with Crippen LogP contribution in [0.1, 0.15) is 30.8 Å². The van der Waals surface area contributed by atoms with Gasteiger partial charge in [0.25, 0.3) is 0 Å². The number of nitrogens with zero attached hydrogens (tertiary/aromatic N) is 1. The van der Waals surface area contributed by atoms with E-state index in [1.165, 1.54) is 4.70 Å². The first kappa shape index (κ1) is 12.1. The van der Waals surface area contributed by atoms with Gasteiger partial charge in [0, 0.05) is 18.6 Å². The van der Waals surface area contributed by atoms with Crippen molar-refractivity contribution >= 4 is 21.6 Å². The normalized spacial score (nSPS) is 19.0. The summed E-state index contributed by atoms with van der Waals surface area (Å²) in [5.41, 5.74) is 1.24. The molecule has 1 aliphatic rings. The largest absolute Gasteiger partial charge is 0.396 e. The number of fused-ring (bicyclic) bond motifs is 1. The van der Waals surface area contributed by atoms with Crippen LogP contribution < -0.4 is 5.32 Å². The van der Waals surface area contributed by atoms with Gasteiger partial charge in [0.05, 0.1) is 16.3 Å². The fourth-order valence-corrected chi connectivity index (χ4v) is 3.09. The third kappa shape index (κ3) is 2.28. The maximum atomic E-state index is 9.30. The van der Waals surface area contributed by atoms with Crippen molar-refractivity contribution in [1.82, 2.24) is 10.3 Å². The molecule has 0 bridgehead atoms. The third-order valence-electron chi connectivity index (χ3n) is 3.76. The number of aromatic nitrogens is 1. The quantitative estimate of drug-likeness (QED) is 0.871. The van der Waals surface area contributed by atoms with Crippen molar-refractivity contribution in [3.05, 3.63) is 29.3 Å². The van der Waals surface area contributed by atoms with E-state index in [9.17, 15) is 5.11 Å². The molecule has 1 fully saturated rings. The second-order valence-corrected chi connectivity index (χ2v) is 6.34. The van der Waals surface area contributed by atoms with Crippen molar-refractivity contribution in [1.29, 1.82) is 0 Å². The van der Waals surface area contributed by atoms with Crippen molar-refractivity contribution in [2.75, 3.05) is 13.2 Å². The lowest BCUT2D eigenvalue weighted by Gasteiger charge is -2.16. The zero-order chi connectivity index (χ0) is 12.6. The van der Waals surface area contributed by atoms with Crippen LogP contribution in [0.4, 0.5) is 0 Å². The Labute approximate surface area is 111 Å². The van der Waals surface area contributed by atoms with Crippen LogP contribution in [-0.2, 0) is 0 Å². The van der Waals surface area contributed by atoms with Gasteiger partial charge in [0.1, 0.15) is 5.01 Å². The molecule has 0 spiro atoms. The Morgan fingerprint density at radius 2 is 2.22 bits per heavy atom. The van der Waals surface area contributed by atoms with E-state index in [4.69, 9.17) is 0 Å². The number of para-hydroxylation sites is 1. The average Bonchev–Trinajstić information content (AvgIpc) is 3.05. The number of hydrogen-bond acceptors (Lipinski definition) is 4. The Morgan fingerprint density at radius 1 is 1.44 bits per heavy atom. The fraction of sp³-hybridized carbons (Fsp3) is 0.500. The lowest BCUT2D eigenvalue weighted by molar-refractivity contribution is 0.204. The van der Waals surface area contributed by atoms with E-state index >= 15 is 0 Å². The SMILES string of the molecule is CC(NCC1(CO)CC1)c1nc2ccccc2s1. The summed E-state index contributed by atoms with van der Waals surface area (Å²) in [6.45, 7) is 3.33. The van der Waals surface area contributed by atoms with Gasteiger partial charge in [-0.05, 0) is 31.9 Å². The molecule has 0 saturated heterocycles. The van der Waals surface area contributed by atoms with E-state index in [0.717, 1.165) is 29.9 Å². The summed E-state index contributed by atoms with van der Waals surface area (Å²) >= 11 is 1.75. The van der Waals surface area contributed by atoms with Crippen molar-refractivity contribution in [3.8, 4) is 0 Å². The number of aliphatic hydroxyl groups is 1. The Kier molecular flexibility index (Phi) is 3.09. The van der Waals surface area contributed by atoms with Gasteiger partial charge in [0.2, 0.25) is 0 Å². The van der Waals surface area contributed by atoms with E-state index in [-0.39, 0.29) is 11.5 Å². The summed E-state index contributed by atoms with van der Waals surface area (Å²) in [5, 5.41) is 13.9. The number of benzene rings is 1. The summed E-state index contributed by atoms with van der Waals surface area (Å²) in [5.74, 6) is 0. The Bertz CT molecular complexity index is 514. The zero-order valence-corrected chi connectivity index (χ0v) is 11.3. The van der Waals surface area contributed by atoms with Crippen molar-refractivity contribution in [2.24, 2.45) is 5.41 Å². The molecule has 18 heavy (non-hydrogen) atoms. The molecule has 1 aromatic carbocycles. The van der Waals surface area contributed by atoms with Crippen molar-refractivity contribution < 1.29 is 5.11 Å². The number of nitrogens with one attached hydrogen (secondary N) is 1. The monoisotopic (exact) mass is 262 g/mol. The summed E-state index contributed by atoms with van der Waals surface area (Å²) < 4.78 is 1.24. The molecule has 96 valence electrons. The molecule has 1 unspecified atom stereocenters. The zero-order valence-electron chi connectivity index (χ0n) is 10.5. The van der Waals surface area contributed by atoms with Crippen LogP contribution in [0.3, 0.4) is 0 Å². The Morgan fingerprint density at radius 3 is 2.89 bits per heavy atom. The molecule has 4 heteroatoms. The predicted molar refractivity (Wildman–Crippen MR) is 74.8 cm³/mol. The van der Waals surface area contributed by atoms with Gasteiger partial charge < -0.3 is 10.4 Å². The molecule has 1 aliphatic carbocycles. The molecule has 1 saturated carbocycles. The smallest absolute Gasteiger partial charge is 0.111 e. The second kappa shape index (κ2) is 4.61. The summed E-state index contributed by atoms with van der Waals surface area (Å²) in [6.07, 6.45) is 2.28. The highest BCUT2D eigenvalue weighted by molar-refractivity contribution is 7.18. The van der Waals surface area contributed by atoms with Gasteiger partial charge in [-0.1, -0.05) is 12.1 Å². The minimum Gasteiger partial charge on any atom is -0.396 e. The van der Waals surface area contributed by atoms with E-state index < -0.39 is 0 Å². The minimum atomic E-state index is 0.158. The third-order valence-corrected chi connectivity index (χ3v) is 4.98. The molecule has 3 nitrogen and oxygen atoms in total. The van der Waals surface area contributed by atoms with Gasteiger partial charge in [-0.2, -0.15) is 0 Å². The van der Waals surface area contributed by atoms with Crippen LogP contribution in [-0.4, -0.2) is 23.2 Å². The standard InChI is InChI=1S/C14H18N2OS/c1-10(15-8-14(9-17)6-7-14)13-16-11-4-2-3-5-12(11)18-13/h2-5,10,15,17H,6-9H2,1H3. The molecule has 1 atom stereocenters. The minimum absolute atomic E-state index is 0.158. The number of hydrogen-bond donors (Lipinski definition) is 2. The Hall–Kier alpha value is -0.970. The van der Waals surface area contributed by atoms with Crippen molar-refractivity contribution in [3.63, 3.8) is 0 Å². The van der Waals surface area contributed by atoms with Gasteiger partial charge in [-0.3, -0.25) is 0 Å². The maximum Gasteiger partial charge on any atom is 0.111 e. The molecule has 1 aromatic heterocycles. The first-order chi connectivity index (χ1) is 8.72. The van der Waals surface area contributed by atoms with Gasteiger partial charge in [-0.15, -0.1) is 11.3 Å². The lowest BCUT2D eigenvalue weighted by Crippen LogP contribution is -2.28. The van der Waals surface area contributed by atoms with Crippen LogP contribution in [0.15, 0.2) is 24.3 Å². The van der Waals surface area contributed by atoms with Gasteiger partial charge in [-0.25, -0.2) is 4.98 Å². The summed E-state index contributed by atoms with van der Waals surface area (Å²) in [7, 11) is 0. The highest BCUT2D eigenvalue weighted by atomic mass is 32.1. The predicted octanol–water partition coefficient (Wildman–Crippen LogP) is 2.72. The molecule has 1 heterocycles. The highest BCUT2D eigenvalue weighted by Gasteiger charge is 2.41. The molecule has 2 aromatic rings. The molecule has 0 aliphatic heterocycles. The first-order valence-electron chi connectivity index (χ1n) is 6.42. The topological polar surface area (TPSA) is 45.1 Å². The fourth-order valence-electron chi connectivity index (χ4n) is 2.10. The van der Waals surface area contributed by atoms with Crippen molar-refractivity contribution in [2.45, 2.75) is 25.8 Å². The van der Waals surface area contributed by atoms with Gasteiger partial charge in [0.15, 0.2) is 0 Å². The van der Waals surface area contributed by atoms with E-state index in [2.05, 4.69) is 29.4 Å². The van der Waals surface area contributed by atoms with Gasteiger partial charge >= 0.3 is 0 Å². The summed E-state index contributed by atoms with van der Waals surface area (Å²) in [4.78, 5) is 4.65. The molecule has 0 radical (unpaired) electrons. The van der Waals surface area contributed by atoms with Crippen LogP contribution in [0.5, 0.6) is 0 Å². The number of rotatable bonds is 5. The molecule has 0 amide bonds. The van der Waals surface area contributed by atoms with E-state index in [1.54, 1.807) is 11.3 Å². The lowest BCUT2D eigenvalue weighted by atomic mass is 10.1. The average molecular weight is 262 g/mol. The second-order valence-electron chi connectivity index (χ2n) is 5.28.